The van der Waals surface area contributed by atoms with Gasteiger partial charge in [0.1, 0.15) is 29.2 Å². The molecule has 10 heteroatoms. The van der Waals surface area contributed by atoms with Crippen LogP contribution < -0.4 is 22.0 Å². The molecule has 0 aliphatic carbocycles. The second kappa shape index (κ2) is 9.81. The lowest BCUT2D eigenvalue weighted by Gasteiger charge is -2.28. The van der Waals surface area contributed by atoms with Gasteiger partial charge in [-0.15, -0.1) is 0 Å². The first-order valence-electron chi connectivity index (χ1n) is 8.72. The molecule has 2 atom stereocenters. The number of ketones is 1. The van der Waals surface area contributed by atoms with Crippen molar-refractivity contribution in [1.29, 1.82) is 0 Å². The second-order valence-corrected chi connectivity index (χ2v) is 6.52. The lowest BCUT2D eigenvalue weighted by atomic mass is 9.84. The van der Waals surface area contributed by atoms with E-state index < -0.39 is 41.4 Å². The second-order valence-electron chi connectivity index (χ2n) is 6.52. The number of halogens is 2. The van der Waals surface area contributed by atoms with E-state index in [1.807, 2.05) is 0 Å². The molecule has 6 N–H and O–H groups in total. The van der Waals surface area contributed by atoms with E-state index in [2.05, 4.69) is 5.10 Å². The van der Waals surface area contributed by atoms with Crippen molar-refractivity contribution in [2.75, 3.05) is 0 Å². The van der Waals surface area contributed by atoms with Crippen LogP contribution in [0.1, 0.15) is 24.0 Å². The summed E-state index contributed by atoms with van der Waals surface area (Å²) < 4.78 is 32.8. The van der Waals surface area contributed by atoms with Gasteiger partial charge in [-0.1, -0.05) is 0 Å². The molecule has 30 heavy (non-hydrogen) atoms. The van der Waals surface area contributed by atoms with Crippen LogP contribution in [0.25, 0.3) is 0 Å². The Hall–Kier alpha value is -3.50. The van der Waals surface area contributed by atoms with Crippen molar-refractivity contribution >= 4 is 24.3 Å². The molecule has 0 aliphatic rings. The molecule has 0 amide bonds. The first-order valence-corrected chi connectivity index (χ1v) is 8.72. The molecular weight excluding hydrogens is 398 g/mol. The van der Waals surface area contributed by atoms with Gasteiger partial charge >= 0.3 is 5.97 Å². The number of nitrogens with two attached hydrogens (primary N) is 3. The summed E-state index contributed by atoms with van der Waals surface area (Å²) in [5.41, 5.74) is 9.82. The minimum absolute atomic E-state index is 0.0607. The molecule has 2 aromatic rings. The maximum Gasteiger partial charge on any atom is 0.336 e. The van der Waals surface area contributed by atoms with E-state index in [4.69, 9.17) is 22.0 Å². The Morgan fingerprint density at radius 2 is 1.73 bits per heavy atom. The molecule has 2 unspecified atom stereocenters. The largest absolute Gasteiger partial charge is 0.425 e. The van der Waals surface area contributed by atoms with E-state index in [9.17, 15) is 23.2 Å². The van der Waals surface area contributed by atoms with Crippen molar-refractivity contribution < 1.29 is 27.9 Å². The average molecular weight is 418 g/mol. The molecule has 8 nitrogen and oxygen atoms in total. The number of aldehydes is 1. The topological polar surface area (TPSA) is 151 Å². The lowest BCUT2D eigenvalue weighted by Crippen LogP contribution is -2.51. The number of rotatable bonds is 9. The van der Waals surface area contributed by atoms with E-state index in [0.717, 1.165) is 12.1 Å². The maximum atomic E-state index is 13.8. The number of benzene rings is 2. The minimum Gasteiger partial charge on any atom is -0.425 e. The van der Waals surface area contributed by atoms with Gasteiger partial charge in [0, 0.05) is 18.9 Å². The molecule has 0 heterocycles. The van der Waals surface area contributed by atoms with Gasteiger partial charge < -0.3 is 26.8 Å². The molecule has 0 radical (unpaired) electrons. The number of carbonyl (C=O) groups excluding carboxylic acids is 3. The molecular formula is C20H20F2N4O4. The van der Waals surface area contributed by atoms with Crippen LogP contribution in [0.2, 0.25) is 0 Å². The molecule has 158 valence electrons. The summed E-state index contributed by atoms with van der Waals surface area (Å²) in [6.07, 6.45) is 0.766. The van der Waals surface area contributed by atoms with Crippen LogP contribution in [0.15, 0.2) is 47.6 Å². The number of Topliss-reactive ketones (excluding diaryl/α,β-unsaturated/α-hetero) is 1. The molecule has 2 aromatic carbocycles. The third-order valence-corrected chi connectivity index (χ3v) is 4.27. The third kappa shape index (κ3) is 5.52. The Morgan fingerprint density at radius 1 is 1.13 bits per heavy atom. The van der Waals surface area contributed by atoms with Gasteiger partial charge in [0.2, 0.25) is 0 Å². The van der Waals surface area contributed by atoms with Crippen LogP contribution in [-0.2, 0) is 19.9 Å². The highest BCUT2D eigenvalue weighted by molar-refractivity contribution is 5.94. The molecule has 0 spiro atoms. The monoisotopic (exact) mass is 418 g/mol. The highest BCUT2D eigenvalue weighted by atomic mass is 19.1. The van der Waals surface area contributed by atoms with Crippen molar-refractivity contribution in [2.45, 2.75) is 24.4 Å². The number of esters is 1. The number of carbonyl (C=O) groups is 3. The number of ether oxygens (including phenoxy) is 1. The smallest absolute Gasteiger partial charge is 0.336 e. The number of hydrogen-bond donors (Lipinski definition) is 3. The fraction of sp³-hybridized carbons (Fsp3) is 0.200. The molecule has 0 aromatic heterocycles. The number of hydrogen-bond acceptors (Lipinski definition) is 8. The predicted octanol–water partition coefficient (Wildman–Crippen LogP) is 0.893. The summed E-state index contributed by atoms with van der Waals surface area (Å²) in [4.78, 5) is 35.9. The highest BCUT2D eigenvalue weighted by Gasteiger charge is 2.42. The van der Waals surface area contributed by atoms with E-state index in [1.54, 1.807) is 12.1 Å². The van der Waals surface area contributed by atoms with Gasteiger partial charge in [0.25, 0.3) is 0 Å². The van der Waals surface area contributed by atoms with Crippen LogP contribution in [0.3, 0.4) is 0 Å². The number of nitrogens with zero attached hydrogens (tertiary/aromatic N) is 1. The Balaban J connectivity index is 2.39. The summed E-state index contributed by atoms with van der Waals surface area (Å²) in [5.74, 6) is 1.24. The van der Waals surface area contributed by atoms with Crippen molar-refractivity contribution in [3.05, 3.63) is 65.2 Å². The lowest BCUT2D eigenvalue weighted by molar-refractivity contribution is -0.143. The maximum absolute atomic E-state index is 13.8. The Kier molecular flexibility index (Phi) is 7.45. The Morgan fingerprint density at radius 3 is 2.27 bits per heavy atom. The van der Waals surface area contributed by atoms with Gasteiger partial charge in [0.05, 0.1) is 12.3 Å². The van der Waals surface area contributed by atoms with Gasteiger partial charge in [-0.2, -0.15) is 5.10 Å². The fourth-order valence-corrected chi connectivity index (χ4v) is 2.65. The molecule has 0 bridgehead atoms. The van der Waals surface area contributed by atoms with E-state index >= 15 is 0 Å². The summed E-state index contributed by atoms with van der Waals surface area (Å²) in [6, 6.07) is 6.93. The molecule has 0 saturated carbocycles. The van der Waals surface area contributed by atoms with Crippen LogP contribution in [0.4, 0.5) is 8.78 Å². The Labute approximate surface area is 170 Å². The van der Waals surface area contributed by atoms with E-state index in [-0.39, 0.29) is 17.7 Å². The molecule has 2 rings (SSSR count). The van der Waals surface area contributed by atoms with Gasteiger partial charge in [-0.25, -0.2) is 13.6 Å². The fourth-order valence-electron chi connectivity index (χ4n) is 2.65. The van der Waals surface area contributed by atoms with Crippen molar-refractivity contribution in [3.8, 4) is 5.75 Å². The zero-order valence-electron chi connectivity index (χ0n) is 15.8. The van der Waals surface area contributed by atoms with Crippen LogP contribution in [-0.4, -0.2) is 30.3 Å². The summed E-state index contributed by atoms with van der Waals surface area (Å²) in [5, 5.41) is 3.36. The van der Waals surface area contributed by atoms with Crippen LogP contribution in [0, 0.1) is 11.6 Å². The van der Waals surface area contributed by atoms with Crippen LogP contribution >= 0.6 is 0 Å². The number of hydrazone groups is 1. The average Bonchev–Trinajstić information content (AvgIpc) is 2.69. The van der Waals surface area contributed by atoms with E-state index in [1.165, 1.54) is 18.3 Å². The third-order valence-electron chi connectivity index (χ3n) is 4.27. The SMILES string of the molecule is NN=Cc1ccc(OC(=O)C(N)(CC(=O)C(N)CC=O)c2cc(F)cc(F)c2)cc1. The summed E-state index contributed by atoms with van der Waals surface area (Å²) >= 11 is 0. The molecule has 0 saturated heterocycles. The van der Waals surface area contributed by atoms with E-state index in [0.29, 0.717) is 17.9 Å². The summed E-state index contributed by atoms with van der Waals surface area (Å²) in [6.45, 7) is 0. The highest BCUT2D eigenvalue weighted by Crippen LogP contribution is 2.28. The quantitative estimate of drug-likeness (QED) is 0.137. The van der Waals surface area contributed by atoms with Crippen molar-refractivity contribution in [2.24, 2.45) is 22.4 Å². The Bertz CT molecular complexity index is 946. The van der Waals surface area contributed by atoms with Gasteiger partial charge in [-0.05, 0) is 47.5 Å². The molecule has 0 fully saturated rings. The van der Waals surface area contributed by atoms with Gasteiger partial charge in [-0.3, -0.25) is 4.79 Å². The first-order chi connectivity index (χ1) is 14.2. The van der Waals surface area contributed by atoms with Crippen LogP contribution in [0.5, 0.6) is 5.75 Å². The van der Waals surface area contributed by atoms with Crippen molar-refractivity contribution in [3.63, 3.8) is 0 Å². The zero-order chi connectivity index (χ0) is 22.3. The predicted molar refractivity (Wildman–Crippen MR) is 104 cm³/mol. The first kappa shape index (κ1) is 22.8. The summed E-state index contributed by atoms with van der Waals surface area (Å²) in [7, 11) is 0. The standard InChI is InChI=1S/C20H20F2N4O4/c21-14-7-13(8-15(22)9-14)20(24,10-18(28)17(23)5-6-27)19(29)30-16-3-1-12(2-4-16)11-26-25/h1-4,6-9,11,17H,5,10,23-25H2. The van der Waals surface area contributed by atoms with Gasteiger partial charge in [0.15, 0.2) is 5.78 Å². The molecule has 0 aliphatic heterocycles. The van der Waals surface area contributed by atoms with Crippen molar-refractivity contribution in [1.82, 2.24) is 0 Å². The normalized spacial score (nSPS) is 14.1. The zero-order valence-corrected chi connectivity index (χ0v) is 15.8. The minimum atomic E-state index is -2.25.